The van der Waals surface area contributed by atoms with Crippen molar-refractivity contribution in [3.8, 4) is 11.5 Å². The lowest BCUT2D eigenvalue weighted by molar-refractivity contribution is -0.00664. The molecule has 0 amide bonds. The average Bonchev–Trinajstić information content (AvgIpc) is 2.91. The molecule has 0 radical (unpaired) electrons. The molecule has 114 valence electrons. The molecule has 0 N–H and O–H groups in total. The van der Waals surface area contributed by atoms with E-state index in [9.17, 15) is 4.79 Å². The van der Waals surface area contributed by atoms with Gasteiger partial charge in [0.2, 0.25) is 0 Å². The van der Waals surface area contributed by atoms with Gasteiger partial charge in [-0.05, 0) is 50.3 Å². The summed E-state index contributed by atoms with van der Waals surface area (Å²) in [5, 5.41) is 0. The number of carbonyl (C=O) groups excluding carboxylic acids is 1. The second-order valence-electron chi connectivity index (χ2n) is 5.55. The Morgan fingerprint density at radius 1 is 1.19 bits per heavy atom. The van der Waals surface area contributed by atoms with E-state index in [2.05, 4.69) is 6.58 Å². The Hall–Kier alpha value is -1.97. The quantitative estimate of drug-likeness (QED) is 0.773. The highest BCUT2D eigenvalue weighted by atomic mass is 16.6. The number of rotatable bonds is 5. The molecule has 0 unspecified atom stereocenters. The van der Waals surface area contributed by atoms with Crippen LogP contribution in [0.15, 0.2) is 18.7 Å². The number of esters is 1. The number of methoxy groups -OCH3 is 2. The van der Waals surface area contributed by atoms with Crippen molar-refractivity contribution in [3.05, 3.63) is 29.8 Å². The molecule has 1 aliphatic rings. The molecule has 4 heteroatoms. The molecule has 1 aliphatic carbocycles. The number of carbonyl (C=O) groups is 1. The zero-order valence-corrected chi connectivity index (χ0v) is 12.9. The molecule has 0 aromatic heterocycles. The van der Waals surface area contributed by atoms with Crippen LogP contribution in [-0.4, -0.2) is 25.8 Å². The summed E-state index contributed by atoms with van der Waals surface area (Å²) in [5.74, 6) is 0.482. The third kappa shape index (κ3) is 3.20. The minimum absolute atomic E-state index is 0.332. The first-order chi connectivity index (χ1) is 10.0. The molecule has 0 spiro atoms. The lowest BCUT2D eigenvalue weighted by Crippen LogP contribution is -2.28. The molecule has 1 saturated carbocycles. The van der Waals surface area contributed by atoms with E-state index < -0.39 is 5.97 Å². The smallest absolute Gasteiger partial charge is 0.346 e. The summed E-state index contributed by atoms with van der Waals surface area (Å²) in [6, 6.07) is 3.51. The van der Waals surface area contributed by atoms with Crippen molar-refractivity contribution in [3.63, 3.8) is 0 Å². The van der Waals surface area contributed by atoms with Crippen LogP contribution in [-0.2, 0) is 4.74 Å². The monoisotopic (exact) mass is 290 g/mol. The van der Waals surface area contributed by atoms with E-state index in [1.807, 2.05) is 6.92 Å². The van der Waals surface area contributed by atoms with Gasteiger partial charge in [0.05, 0.1) is 14.2 Å². The van der Waals surface area contributed by atoms with Crippen LogP contribution < -0.4 is 9.47 Å². The first-order valence-corrected chi connectivity index (χ1v) is 7.15. The van der Waals surface area contributed by atoms with E-state index >= 15 is 0 Å². The topological polar surface area (TPSA) is 44.8 Å². The molecule has 21 heavy (non-hydrogen) atoms. The Labute approximate surface area is 125 Å². The molecule has 0 aliphatic heterocycles. The second kappa shape index (κ2) is 6.20. The van der Waals surface area contributed by atoms with Gasteiger partial charge in [0.1, 0.15) is 22.7 Å². The van der Waals surface area contributed by atoms with Crippen molar-refractivity contribution in [2.75, 3.05) is 14.2 Å². The Morgan fingerprint density at radius 2 is 1.71 bits per heavy atom. The van der Waals surface area contributed by atoms with Gasteiger partial charge in [-0.3, -0.25) is 0 Å². The van der Waals surface area contributed by atoms with Crippen LogP contribution >= 0.6 is 0 Å². The minimum Gasteiger partial charge on any atom is -0.496 e. The fourth-order valence-electron chi connectivity index (χ4n) is 2.75. The number of benzene rings is 1. The summed E-state index contributed by atoms with van der Waals surface area (Å²) in [7, 11) is 3.05. The molecule has 1 fully saturated rings. The highest BCUT2D eigenvalue weighted by Gasteiger charge is 2.34. The molecule has 4 nitrogen and oxygen atoms in total. The van der Waals surface area contributed by atoms with E-state index in [0.29, 0.717) is 17.1 Å². The first-order valence-electron chi connectivity index (χ1n) is 7.15. The molecular weight excluding hydrogens is 268 g/mol. The summed E-state index contributed by atoms with van der Waals surface area (Å²) in [6.07, 6.45) is 5.65. The van der Waals surface area contributed by atoms with Crippen molar-refractivity contribution in [1.82, 2.24) is 0 Å². The lowest BCUT2D eigenvalue weighted by atomic mass is 10.0. The van der Waals surface area contributed by atoms with E-state index in [-0.39, 0.29) is 5.60 Å². The van der Waals surface area contributed by atoms with Gasteiger partial charge in [0.25, 0.3) is 0 Å². The van der Waals surface area contributed by atoms with Crippen LogP contribution in [0.5, 0.6) is 11.5 Å². The standard InChI is InChI=1S/C17H22O4/c1-5-12-10-13(19-3)15(14(11-12)20-4)16(18)21-17(2)8-6-7-9-17/h5,10-11H,1,6-9H2,2-4H3. The maximum absolute atomic E-state index is 12.6. The van der Waals surface area contributed by atoms with Gasteiger partial charge < -0.3 is 14.2 Å². The summed E-state index contributed by atoms with van der Waals surface area (Å²) in [4.78, 5) is 12.6. The Bertz CT molecular complexity index is 517. The third-order valence-corrected chi connectivity index (χ3v) is 3.97. The zero-order valence-electron chi connectivity index (χ0n) is 12.9. The fraction of sp³-hybridized carbons (Fsp3) is 0.471. The molecule has 1 aromatic rings. The fourth-order valence-corrected chi connectivity index (χ4v) is 2.75. The molecule has 0 atom stereocenters. The van der Waals surface area contributed by atoms with Gasteiger partial charge >= 0.3 is 5.97 Å². The van der Waals surface area contributed by atoms with E-state index in [4.69, 9.17) is 14.2 Å². The van der Waals surface area contributed by atoms with Crippen molar-refractivity contribution in [2.24, 2.45) is 0 Å². The summed E-state index contributed by atoms with van der Waals surface area (Å²) >= 11 is 0. The molecule has 0 saturated heterocycles. The zero-order chi connectivity index (χ0) is 15.5. The maximum Gasteiger partial charge on any atom is 0.346 e. The van der Waals surface area contributed by atoms with Gasteiger partial charge in [-0.15, -0.1) is 0 Å². The first kappa shape index (κ1) is 15.4. The third-order valence-electron chi connectivity index (χ3n) is 3.97. The highest BCUT2D eigenvalue weighted by molar-refractivity contribution is 5.96. The van der Waals surface area contributed by atoms with Crippen LogP contribution in [0.25, 0.3) is 6.08 Å². The number of hydrogen-bond donors (Lipinski definition) is 0. The second-order valence-corrected chi connectivity index (χ2v) is 5.55. The van der Waals surface area contributed by atoms with E-state index in [1.165, 1.54) is 14.2 Å². The Morgan fingerprint density at radius 3 is 2.14 bits per heavy atom. The minimum atomic E-state index is -0.399. The van der Waals surface area contributed by atoms with Crippen LogP contribution in [0, 0.1) is 0 Å². The lowest BCUT2D eigenvalue weighted by Gasteiger charge is -2.25. The molecular formula is C17H22O4. The van der Waals surface area contributed by atoms with Crippen LogP contribution in [0.4, 0.5) is 0 Å². The summed E-state index contributed by atoms with van der Waals surface area (Å²) < 4.78 is 16.4. The Kier molecular flexibility index (Phi) is 4.56. The highest BCUT2D eigenvalue weighted by Crippen LogP contribution is 2.37. The molecule has 2 rings (SSSR count). The van der Waals surface area contributed by atoms with E-state index in [0.717, 1.165) is 31.2 Å². The van der Waals surface area contributed by atoms with Crippen molar-refractivity contribution >= 4 is 12.0 Å². The number of hydrogen-bond acceptors (Lipinski definition) is 4. The van der Waals surface area contributed by atoms with E-state index in [1.54, 1.807) is 18.2 Å². The van der Waals surface area contributed by atoms with Crippen molar-refractivity contribution in [2.45, 2.75) is 38.2 Å². The molecule has 0 heterocycles. The predicted octanol–water partition coefficient (Wildman–Crippen LogP) is 3.84. The molecule has 0 bridgehead atoms. The average molecular weight is 290 g/mol. The normalized spacial score (nSPS) is 16.3. The summed E-state index contributed by atoms with van der Waals surface area (Å²) in [5.41, 5.74) is 0.774. The van der Waals surface area contributed by atoms with Crippen LogP contribution in [0.2, 0.25) is 0 Å². The van der Waals surface area contributed by atoms with Crippen molar-refractivity contribution in [1.29, 1.82) is 0 Å². The molecule has 1 aromatic carbocycles. The summed E-state index contributed by atoms with van der Waals surface area (Å²) in [6.45, 7) is 5.70. The number of ether oxygens (including phenoxy) is 3. The predicted molar refractivity (Wildman–Crippen MR) is 81.9 cm³/mol. The van der Waals surface area contributed by atoms with Crippen LogP contribution in [0.1, 0.15) is 48.5 Å². The van der Waals surface area contributed by atoms with Gasteiger partial charge in [0, 0.05) is 0 Å². The van der Waals surface area contributed by atoms with Gasteiger partial charge in [-0.2, -0.15) is 0 Å². The Balaban J connectivity index is 2.36. The van der Waals surface area contributed by atoms with Crippen molar-refractivity contribution < 1.29 is 19.0 Å². The largest absolute Gasteiger partial charge is 0.496 e. The SMILES string of the molecule is C=Cc1cc(OC)c(C(=O)OC2(C)CCCC2)c(OC)c1. The van der Waals surface area contributed by atoms with Crippen LogP contribution in [0.3, 0.4) is 0 Å². The van der Waals surface area contributed by atoms with Gasteiger partial charge in [-0.1, -0.05) is 12.7 Å². The van der Waals surface area contributed by atoms with Gasteiger partial charge in [-0.25, -0.2) is 4.79 Å². The maximum atomic E-state index is 12.6. The van der Waals surface area contributed by atoms with Gasteiger partial charge in [0.15, 0.2) is 0 Å².